The number of hydrogen-bond donors (Lipinski definition) is 0. The molecule has 1 aliphatic rings. The van der Waals surface area contributed by atoms with E-state index < -0.39 is 5.92 Å². The molecule has 7 nitrogen and oxygen atoms in total. The summed E-state index contributed by atoms with van der Waals surface area (Å²) in [6.45, 7) is 10.3. The molecule has 2 heterocycles. The summed E-state index contributed by atoms with van der Waals surface area (Å²) in [7, 11) is 0. The van der Waals surface area contributed by atoms with Crippen LogP contribution in [-0.4, -0.2) is 53.4 Å². The summed E-state index contributed by atoms with van der Waals surface area (Å²) in [6.07, 6.45) is -0.215. The Morgan fingerprint density at radius 3 is 2.90 bits per heavy atom. The average molecular weight is 297 g/mol. The van der Waals surface area contributed by atoms with E-state index in [1.54, 1.807) is 13.8 Å². The first kappa shape index (κ1) is 15.9. The highest BCUT2D eigenvalue weighted by Crippen LogP contribution is 2.23. The fourth-order valence-corrected chi connectivity index (χ4v) is 2.22. The van der Waals surface area contributed by atoms with Crippen LogP contribution in [0, 0.1) is 0 Å². The molecule has 2 atom stereocenters. The third-order valence-corrected chi connectivity index (χ3v) is 3.58. The second-order valence-electron chi connectivity index (χ2n) is 5.41. The van der Waals surface area contributed by atoms with Crippen molar-refractivity contribution in [3.63, 3.8) is 0 Å². The van der Waals surface area contributed by atoms with E-state index in [9.17, 15) is 4.79 Å². The Labute approximate surface area is 124 Å². The number of rotatable bonds is 5. The molecule has 1 fully saturated rings. The van der Waals surface area contributed by atoms with Crippen LogP contribution in [0.1, 0.15) is 51.4 Å². The lowest BCUT2D eigenvalue weighted by Gasteiger charge is -2.34. The Morgan fingerprint density at radius 1 is 1.48 bits per heavy atom. The van der Waals surface area contributed by atoms with Crippen LogP contribution < -0.4 is 0 Å². The largest absolute Gasteiger partial charge is 0.465 e. The zero-order valence-corrected chi connectivity index (χ0v) is 13.0. The smallest absolute Gasteiger partial charge is 0.318 e. The quantitative estimate of drug-likeness (QED) is 0.762. The van der Waals surface area contributed by atoms with Crippen molar-refractivity contribution >= 4 is 5.97 Å². The van der Waals surface area contributed by atoms with Crippen molar-refractivity contribution in [3.05, 3.63) is 11.7 Å². The van der Waals surface area contributed by atoms with E-state index in [4.69, 9.17) is 14.0 Å². The Kier molecular flexibility index (Phi) is 5.30. The van der Waals surface area contributed by atoms with Crippen LogP contribution in [0.2, 0.25) is 0 Å². The van der Waals surface area contributed by atoms with Gasteiger partial charge in [-0.1, -0.05) is 5.16 Å². The third-order valence-electron chi connectivity index (χ3n) is 3.58. The predicted molar refractivity (Wildman–Crippen MR) is 74.7 cm³/mol. The maximum Gasteiger partial charge on any atom is 0.318 e. The molecule has 21 heavy (non-hydrogen) atoms. The van der Waals surface area contributed by atoms with Gasteiger partial charge in [-0.15, -0.1) is 0 Å². The van der Waals surface area contributed by atoms with E-state index in [-0.39, 0.29) is 18.0 Å². The molecule has 2 rings (SSSR count). The van der Waals surface area contributed by atoms with Gasteiger partial charge < -0.3 is 14.0 Å². The molecule has 2 unspecified atom stereocenters. The first-order chi connectivity index (χ1) is 10.0. The maximum absolute atomic E-state index is 11.7. The van der Waals surface area contributed by atoms with Crippen LogP contribution in [0.5, 0.6) is 0 Å². The number of ether oxygens (including phenoxy) is 2. The van der Waals surface area contributed by atoms with Gasteiger partial charge in [-0.3, -0.25) is 9.69 Å². The van der Waals surface area contributed by atoms with Gasteiger partial charge in [0, 0.05) is 19.1 Å². The van der Waals surface area contributed by atoms with Crippen molar-refractivity contribution in [2.45, 2.75) is 45.8 Å². The normalized spacial score (nSPS) is 21.5. The third kappa shape index (κ3) is 3.79. The lowest BCUT2D eigenvalue weighted by molar-refractivity contribution is -0.145. The van der Waals surface area contributed by atoms with E-state index in [0.29, 0.717) is 25.1 Å². The number of morpholine rings is 1. The van der Waals surface area contributed by atoms with E-state index >= 15 is 0 Å². The molecular formula is C14H23N3O4. The summed E-state index contributed by atoms with van der Waals surface area (Å²) in [4.78, 5) is 18.3. The summed E-state index contributed by atoms with van der Waals surface area (Å²) in [5, 5.41) is 3.95. The molecule has 1 aromatic rings. The highest BCUT2D eigenvalue weighted by molar-refractivity contribution is 5.76. The molecule has 0 bridgehead atoms. The SMILES string of the molecule is CCOC(=O)C(C)c1nc(C2CN(C(C)C)CCO2)no1. The van der Waals surface area contributed by atoms with Gasteiger partial charge in [-0.05, 0) is 27.7 Å². The molecule has 1 saturated heterocycles. The zero-order valence-electron chi connectivity index (χ0n) is 13.0. The topological polar surface area (TPSA) is 77.7 Å². The van der Waals surface area contributed by atoms with E-state index in [0.717, 1.165) is 13.1 Å². The number of carbonyl (C=O) groups excluding carboxylic acids is 1. The van der Waals surface area contributed by atoms with Gasteiger partial charge in [0.25, 0.3) is 0 Å². The van der Waals surface area contributed by atoms with Crippen LogP contribution >= 0.6 is 0 Å². The standard InChI is InChI=1S/C14H23N3O4/c1-5-19-14(18)10(4)13-15-12(16-21-13)11-8-17(9(2)3)6-7-20-11/h9-11H,5-8H2,1-4H3. The number of esters is 1. The minimum absolute atomic E-state index is 0.215. The molecule has 1 aromatic heterocycles. The minimum atomic E-state index is -0.559. The highest BCUT2D eigenvalue weighted by atomic mass is 16.5. The first-order valence-corrected chi connectivity index (χ1v) is 7.38. The summed E-state index contributed by atoms with van der Waals surface area (Å²) in [6, 6.07) is 0.446. The average Bonchev–Trinajstić information content (AvgIpc) is 2.96. The first-order valence-electron chi connectivity index (χ1n) is 7.38. The van der Waals surface area contributed by atoms with Crippen LogP contribution in [-0.2, 0) is 14.3 Å². The summed E-state index contributed by atoms with van der Waals surface area (Å²) >= 11 is 0. The molecule has 118 valence electrons. The summed E-state index contributed by atoms with van der Waals surface area (Å²) in [5.41, 5.74) is 0. The van der Waals surface area contributed by atoms with E-state index in [1.807, 2.05) is 0 Å². The van der Waals surface area contributed by atoms with Crippen molar-refractivity contribution in [1.82, 2.24) is 15.0 Å². The Morgan fingerprint density at radius 2 is 2.24 bits per heavy atom. The maximum atomic E-state index is 11.7. The Hall–Kier alpha value is -1.47. The summed E-state index contributed by atoms with van der Waals surface area (Å²) < 4.78 is 15.8. The van der Waals surface area contributed by atoms with Crippen LogP contribution in [0.25, 0.3) is 0 Å². The molecule has 0 amide bonds. The van der Waals surface area contributed by atoms with Gasteiger partial charge in [0.05, 0.1) is 13.2 Å². The second-order valence-corrected chi connectivity index (χ2v) is 5.41. The Balaban J connectivity index is 2.03. The molecule has 0 aliphatic carbocycles. The van der Waals surface area contributed by atoms with Gasteiger partial charge in [-0.2, -0.15) is 4.98 Å². The van der Waals surface area contributed by atoms with Gasteiger partial charge in [0.1, 0.15) is 12.0 Å². The molecule has 1 aliphatic heterocycles. The highest BCUT2D eigenvalue weighted by Gasteiger charge is 2.29. The summed E-state index contributed by atoms with van der Waals surface area (Å²) in [5.74, 6) is -0.155. The fourth-order valence-electron chi connectivity index (χ4n) is 2.22. The van der Waals surface area contributed by atoms with Gasteiger partial charge in [-0.25, -0.2) is 0 Å². The van der Waals surface area contributed by atoms with Crippen molar-refractivity contribution < 1.29 is 18.8 Å². The van der Waals surface area contributed by atoms with Gasteiger partial charge in [0.2, 0.25) is 11.7 Å². The van der Waals surface area contributed by atoms with E-state index in [2.05, 4.69) is 28.9 Å². The molecule has 0 saturated carbocycles. The lowest BCUT2D eigenvalue weighted by atomic mass is 10.2. The zero-order chi connectivity index (χ0) is 15.4. The number of hydrogen-bond acceptors (Lipinski definition) is 7. The predicted octanol–water partition coefficient (Wildman–Crippen LogP) is 1.52. The van der Waals surface area contributed by atoms with Crippen molar-refractivity contribution in [3.8, 4) is 0 Å². The van der Waals surface area contributed by atoms with E-state index in [1.165, 1.54) is 0 Å². The molecule has 0 aromatic carbocycles. The van der Waals surface area contributed by atoms with Crippen molar-refractivity contribution in [2.24, 2.45) is 0 Å². The fraction of sp³-hybridized carbons (Fsp3) is 0.786. The van der Waals surface area contributed by atoms with Crippen molar-refractivity contribution in [2.75, 3.05) is 26.3 Å². The van der Waals surface area contributed by atoms with Crippen molar-refractivity contribution in [1.29, 1.82) is 0 Å². The Bertz CT molecular complexity index is 475. The molecule has 7 heteroatoms. The number of carbonyl (C=O) groups is 1. The number of nitrogens with zero attached hydrogens (tertiary/aromatic N) is 3. The van der Waals surface area contributed by atoms with Crippen LogP contribution in [0.3, 0.4) is 0 Å². The molecule has 0 spiro atoms. The molecular weight excluding hydrogens is 274 g/mol. The lowest BCUT2D eigenvalue weighted by Crippen LogP contribution is -2.42. The van der Waals surface area contributed by atoms with Crippen LogP contribution in [0.4, 0.5) is 0 Å². The van der Waals surface area contributed by atoms with Gasteiger partial charge >= 0.3 is 5.97 Å². The monoisotopic (exact) mass is 297 g/mol. The molecule has 0 radical (unpaired) electrons. The van der Waals surface area contributed by atoms with Gasteiger partial charge in [0.15, 0.2) is 0 Å². The minimum Gasteiger partial charge on any atom is -0.465 e. The number of aromatic nitrogens is 2. The van der Waals surface area contributed by atoms with Crippen LogP contribution in [0.15, 0.2) is 4.52 Å². The molecule has 0 N–H and O–H groups in total. The second kappa shape index (κ2) is 7.00.